The summed E-state index contributed by atoms with van der Waals surface area (Å²) >= 11 is 0. The van der Waals surface area contributed by atoms with Gasteiger partial charge >= 0.3 is 5.97 Å². The average molecular weight is 347 g/mol. The molecule has 1 N–H and O–H groups in total. The summed E-state index contributed by atoms with van der Waals surface area (Å²) in [6.45, 7) is 3.42. The predicted molar refractivity (Wildman–Crippen MR) is 88.9 cm³/mol. The van der Waals surface area contributed by atoms with E-state index in [2.05, 4.69) is 0 Å². The molecular formula is C17H17NO5S. The molecule has 0 bridgehead atoms. The van der Waals surface area contributed by atoms with Crippen molar-refractivity contribution in [2.75, 3.05) is 10.8 Å². The number of carboxylic acid groups (broad SMARTS) is 1. The molecule has 3 rings (SSSR count). The highest BCUT2D eigenvalue weighted by atomic mass is 32.2. The summed E-state index contributed by atoms with van der Waals surface area (Å²) in [6.07, 6.45) is -1.25. The van der Waals surface area contributed by atoms with Gasteiger partial charge in [-0.15, -0.1) is 0 Å². The molecule has 24 heavy (non-hydrogen) atoms. The van der Waals surface area contributed by atoms with Crippen LogP contribution in [0.25, 0.3) is 0 Å². The Kier molecular flexibility index (Phi) is 3.96. The van der Waals surface area contributed by atoms with Gasteiger partial charge in [0.25, 0.3) is 10.0 Å². The molecule has 2 aromatic carbocycles. The van der Waals surface area contributed by atoms with E-state index in [0.717, 1.165) is 15.4 Å². The van der Waals surface area contributed by atoms with Crippen molar-refractivity contribution in [2.24, 2.45) is 0 Å². The molecule has 1 atom stereocenters. The minimum absolute atomic E-state index is 0.117. The van der Waals surface area contributed by atoms with Crippen LogP contribution in [0.15, 0.2) is 47.4 Å². The Hall–Kier alpha value is -2.54. The molecule has 0 saturated heterocycles. The molecule has 0 saturated carbocycles. The van der Waals surface area contributed by atoms with Crippen LogP contribution in [-0.4, -0.2) is 32.1 Å². The van der Waals surface area contributed by atoms with Crippen LogP contribution in [0, 0.1) is 13.8 Å². The molecule has 0 spiro atoms. The molecule has 6 nitrogen and oxygen atoms in total. The lowest BCUT2D eigenvalue weighted by atomic mass is 10.1. The number of anilines is 1. The van der Waals surface area contributed by atoms with E-state index in [0.29, 0.717) is 5.69 Å². The molecule has 0 aliphatic carbocycles. The number of aryl methyl sites for hydroxylation is 2. The van der Waals surface area contributed by atoms with Crippen LogP contribution in [0.1, 0.15) is 11.1 Å². The third-order valence-electron chi connectivity index (χ3n) is 3.87. The first-order chi connectivity index (χ1) is 11.3. The van der Waals surface area contributed by atoms with Gasteiger partial charge in [-0.05, 0) is 43.7 Å². The maximum Gasteiger partial charge on any atom is 0.346 e. The quantitative estimate of drug-likeness (QED) is 0.921. The van der Waals surface area contributed by atoms with E-state index in [1.165, 1.54) is 12.1 Å². The van der Waals surface area contributed by atoms with Gasteiger partial charge in [0.1, 0.15) is 5.75 Å². The van der Waals surface area contributed by atoms with Crippen LogP contribution in [0.3, 0.4) is 0 Å². The first kappa shape index (κ1) is 16.3. The molecule has 0 fully saturated rings. The number of nitrogens with zero attached hydrogens (tertiary/aromatic N) is 1. The molecule has 0 aromatic heterocycles. The highest BCUT2D eigenvalue weighted by molar-refractivity contribution is 7.92. The zero-order valence-electron chi connectivity index (χ0n) is 13.3. The molecule has 126 valence electrons. The van der Waals surface area contributed by atoms with Gasteiger partial charge in [0, 0.05) is 0 Å². The van der Waals surface area contributed by atoms with Crippen LogP contribution in [-0.2, 0) is 14.8 Å². The van der Waals surface area contributed by atoms with Gasteiger partial charge in [0.05, 0.1) is 17.1 Å². The van der Waals surface area contributed by atoms with Crippen molar-refractivity contribution in [1.82, 2.24) is 0 Å². The SMILES string of the molecule is Cc1ccc(S(=O)(=O)N2C[C@@H](C(=O)O)Oc3ccc(C)cc32)cc1. The van der Waals surface area contributed by atoms with Crippen LogP contribution in [0.4, 0.5) is 5.69 Å². The number of sulfonamides is 1. The number of hydrogen-bond donors (Lipinski definition) is 1. The molecule has 1 aliphatic rings. The predicted octanol–water partition coefficient (Wildman–Crippen LogP) is 2.34. The van der Waals surface area contributed by atoms with Gasteiger partial charge in [-0.1, -0.05) is 23.8 Å². The fraction of sp³-hybridized carbons (Fsp3) is 0.235. The van der Waals surface area contributed by atoms with Crippen LogP contribution in [0.2, 0.25) is 0 Å². The molecule has 2 aromatic rings. The highest BCUT2D eigenvalue weighted by Crippen LogP contribution is 2.37. The largest absolute Gasteiger partial charge is 0.478 e. The van der Waals surface area contributed by atoms with Crippen LogP contribution < -0.4 is 9.04 Å². The Morgan fingerprint density at radius 1 is 1.12 bits per heavy atom. The minimum atomic E-state index is -3.89. The normalized spacial score (nSPS) is 17.1. The van der Waals surface area contributed by atoms with E-state index in [4.69, 9.17) is 4.74 Å². The topological polar surface area (TPSA) is 83.9 Å². The number of fused-ring (bicyclic) bond motifs is 1. The van der Waals surface area contributed by atoms with E-state index >= 15 is 0 Å². The first-order valence-electron chi connectivity index (χ1n) is 7.38. The summed E-state index contributed by atoms with van der Waals surface area (Å²) in [5.74, 6) is -0.958. The number of hydrogen-bond acceptors (Lipinski definition) is 4. The summed E-state index contributed by atoms with van der Waals surface area (Å²) < 4.78 is 32.6. The molecule has 7 heteroatoms. The van der Waals surface area contributed by atoms with Gasteiger partial charge in [0.15, 0.2) is 0 Å². The third kappa shape index (κ3) is 2.82. The fourth-order valence-electron chi connectivity index (χ4n) is 2.56. The average Bonchev–Trinajstić information content (AvgIpc) is 2.54. The Bertz CT molecular complexity index is 890. The van der Waals surface area contributed by atoms with Crippen molar-refractivity contribution in [2.45, 2.75) is 24.8 Å². The van der Waals surface area contributed by atoms with E-state index < -0.39 is 22.1 Å². The maximum absolute atomic E-state index is 13.0. The summed E-state index contributed by atoms with van der Waals surface area (Å²) in [5.41, 5.74) is 2.15. The Labute approximate surface area is 140 Å². The lowest BCUT2D eigenvalue weighted by molar-refractivity contribution is -0.144. The summed E-state index contributed by atoms with van der Waals surface area (Å²) in [6, 6.07) is 11.5. The third-order valence-corrected chi connectivity index (χ3v) is 5.66. The lowest BCUT2D eigenvalue weighted by Crippen LogP contribution is -2.47. The number of carbonyl (C=O) groups is 1. The number of carboxylic acids is 1. The first-order valence-corrected chi connectivity index (χ1v) is 8.82. The van der Waals surface area contributed by atoms with Crippen LogP contribution >= 0.6 is 0 Å². The second kappa shape index (κ2) is 5.83. The standard InChI is InChI=1S/C17H17NO5S/c1-11-3-6-13(7-4-11)24(21,22)18-10-16(17(19)20)23-15-8-5-12(2)9-14(15)18/h3-9,16H,10H2,1-2H3,(H,19,20)/t16-/m0/s1. The second-order valence-electron chi connectivity index (χ2n) is 5.77. The second-order valence-corrected chi connectivity index (χ2v) is 7.63. The van der Waals surface area contributed by atoms with Crippen molar-refractivity contribution < 1.29 is 23.1 Å². The van der Waals surface area contributed by atoms with Gasteiger partial charge in [-0.25, -0.2) is 13.2 Å². The maximum atomic E-state index is 13.0. The number of aliphatic carboxylic acids is 1. The summed E-state index contributed by atoms with van der Waals surface area (Å²) in [7, 11) is -3.89. The van der Waals surface area contributed by atoms with Crippen molar-refractivity contribution in [3.8, 4) is 5.75 Å². The Balaban J connectivity index is 2.13. The van der Waals surface area contributed by atoms with Gasteiger partial charge < -0.3 is 9.84 Å². The molecule has 0 amide bonds. The van der Waals surface area contributed by atoms with E-state index in [-0.39, 0.29) is 17.2 Å². The summed E-state index contributed by atoms with van der Waals surface area (Å²) in [4.78, 5) is 11.5. The fourth-order valence-corrected chi connectivity index (χ4v) is 4.02. The lowest BCUT2D eigenvalue weighted by Gasteiger charge is -2.34. The monoisotopic (exact) mass is 347 g/mol. The Morgan fingerprint density at radius 2 is 1.75 bits per heavy atom. The highest BCUT2D eigenvalue weighted by Gasteiger charge is 2.37. The van der Waals surface area contributed by atoms with Crippen molar-refractivity contribution in [1.29, 1.82) is 0 Å². The van der Waals surface area contributed by atoms with E-state index in [1.54, 1.807) is 30.3 Å². The molecule has 1 aliphatic heterocycles. The van der Waals surface area contributed by atoms with E-state index in [1.807, 2.05) is 13.8 Å². The number of ether oxygens (including phenoxy) is 1. The van der Waals surface area contributed by atoms with Gasteiger partial charge in [-0.2, -0.15) is 0 Å². The molecule has 0 unspecified atom stereocenters. The molecule has 0 radical (unpaired) electrons. The Morgan fingerprint density at radius 3 is 2.38 bits per heavy atom. The van der Waals surface area contributed by atoms with Crippen molar-refractivity contribution in [3.63, 3.8) is 0 Å². The van der Waals surface area contributed by atoms with E-state index in [9.17, 15) is 18.3 Å². The zero-order chi connectivity index (χ0) is 17.5. The molecular weight excluding hydrogens is 330 g/mol. The van der Waals surface area contributed by atoms with Crippen LogP contribution in [0.5, 0.6) is 5.75 Å². The smallest absolute Gasteiger partial charge is 0.346 e. The minimum Gasteiger partial charge on any atom is -0.478 e. The molecule has 1 heterocycles. The zero-order valence-corrected chi connectivity index (χ0v) is 14.1. The number of benzene rings is 2. The van der Waals surface area contributed by atoms with Crippen molar-refractivity contribution >= 4 is 21.7 Å². The van der Waals surface area contributed by atoms with Gasteiger partial charge in [0.2, 0.25) is 6.10 Å². The summed E-state index contributed by atoms with van der Waals surface area (Å²) in [5, 5.41) is 9.26. The van der Waals surface area contributed by atoms with Crippen molar-refractivity contribution in [3.05, 3.63) is 53.6 Å². The van der Waals surface area contributed by atoms with Gasteiger partial charge in [-0.3, -0.25) is 4.31 Å². The number of rotatable bonds is 3.